The van der Waals surface area contributed by atoms with Crippen molar-refractivity contribution in [1.29, 1.82) is 0 Å². The van der Waals surface area contributed by atoms with Crippen molar-refractivity contribution >= 4 is 5.78 Å². The van der Waals surface area contributed by atoms with Crippen LogP contribution in [-0.4, -0.2) is 44.3 Å². The monoisotopic (exact) mass is 370 g/mol. The predicted octanol–water partition coefficient (Wildman–Crippen LogP) is 4.76. The lowest BCUT2D eigenvalue weighted by Gasteiger charge is -2.26. The summed E-state index contributed by atoms with van der Waals surface area (Å²) in [5.74, 6) is 0.377. The molecule has 26 heavy (non-hydrogen) atoms. The third kappa shape index (κ3) is 10.0. The molecule has 0 N–H and O–H groups in total. The number of ether oxygens (including phenoxy) is 4. The average molecular weight is 371 g/mol. The van der Waals surface area contributed by atoms with Crippen molar-refractivity contribution in [2.45, 2.75) is 109 Å². The van der Waals surface area contributed by atoms with Gasteiger partial charge in [-0.05, 0) is 71.1 Å². The number of Topliss-reactive ketones (excluding diaryl/α,β-unsaturated/α-hetero) is 1. The van der Waals surface area contributed by atoms with Crippen LogP contribution < -0.4 is 0 Å². The summed E-state index contributed by atoms with van der Waals surface area (Å²) in [6.07, 6.45) is 13.1. The molecule has 0 radical (unpaired) electrons. The molecule has 2 saturated heterocycles. The molecule has 2 aliphatic heterocycles. The van der Waals surface area contributed by atoms with Crippen molar-refractivity contribution < 1.29 is 23.7 Å². The summed E-state index contributed by atoms with van der Waals surface area (Å²) in [6, 6.07) is 0. The van der Waals surface area contributed by atoms with Crippen LogP contribution in [0.25, 0.3) is 0 Å². The van der Waals surface area contributed by atoms with Gasteiger partial charge in [0.25, 0.3) is 0 Å². The molecule has 0 spiro atoms. The Labute approximate surface area is 159 Å². The van der Waals surface area contributed by atoms with E-state index in [1.165, 1.54) is 12.8 Å². The highest BCUT2D eigenvalue weighted by Crippen LogP contribution is 2.18. The summed E-state index contributed by atoms with van der Waals surface area (Å²) in [5, 5.41) is 0. The molecule has 0 bridgehead atoms. The van der Waals surface area contributed by atoms with Crippen molar-refractivity contribution in [3.05, 3.63) is 0 Å². The summed E-state index contributed by atoms with van der Waals surface area (Å²) in [7, 11) is 0. The molecule has 0 saturated carbocycles. The maximum atomic E-state index is 12.0. The number of unbranched alkanes of at least 4 members (excludes halogenated alkanes) is 2. The van der Waals surface area contributed by atoms with Crippen molar-refractivity contribution in [2.24, 2.45) is 0 Å². The molecular weight excluding hydrogens is 332 g/mol. The third-order valence-electron chi connectivity index (χ3n) is 5.13. The van der Waals surface area contributed by atoms with Gasteiger partial charge in [-0.1, -0.05) is 6.42 Å². The number of carbonyl (C=O) groups is 1. The molecule has 5 nitrogen and oxygen atoms in total. The lowest BCUT2D eigenvalue weighted by molar-refractivity contribution is -0.185. The van der Waals surface area contributed by atoms with Gasteiger partial charge in [0, 0.05) is 32.7 Å². The lowest BCUT2D eigenvalue weighted by atomic mass is 10.1. The molecular formula is C21H38O5. The smallest absolute Gasteiger partial charge is 0.157 e. The van der Waals surface area contributed by atoms with Gasteiger partial charge in [-0.2, -0.15) is 0 Å². The van der Waals surface area contributed by atoms with Gasteiger partial charge in [0.05, 0.1) is 6.10 Å². The first-order valence-electron chi connectivity index (χ1n) is 10.8. The Morgan fingerprint density at radius 1 is 0.923 bits per heavy atom. The summed E-state index contributed by atoms with van der Waals surface area (Å²) < 4.78 is 22.7. The summed E-state index contributed by atoms with van der Waals surface area (Å²) in [6.45, 7) is 4.47. The maximum Gasteiger partial charge on any atom is 0.157 e. The minimum atomic E-state index is -0.0318. The van der Waals surface area contributed by atoms with E-state index in [1.54, 1.807) is 0 Å². The Kier molecular flexibility index (Phi) is 11.4. The van der Waals surface area contributed by atoms with Gasteiger partial charge >= 0.3 is 0 Å². The first-order valence-corrected chi connectivity index (χ1v) is 10.8. The van der Waals surface area contributed by atoms with Crippen LogP contribution in [0.1, 0.15) is 90.4 Å². The fourth-order valence-corrected chi connectivity index (χ4v) is 3.52. The van der Waals surface area contributed by atoms with Crippen LogP contribution in [0.5, 0.6) is 0 Å². The van der Waals surface area contributed by atoms with Gasteiger partial charge in [0.2, 0.25) is 0 Å². The van der Waals surface area contributed by atoms with E-state index in [9.17, 15) is 4.79 Å². The largest absolute Gasteiger partial charge is 0.353 e. The molecule has 3 unspecified atom stereocenters. The minimum Gasteiger partial charge on any atom is -0.353 e. The summed E-state index contributed by atoms with van der Waals surface area (Å²) in [4.78, 5) is 12.0. The van der Waals surface area contributed by atoms with E-state index in [4.69, 9.17) is 18.9 Å². The molecule has 2 rings (SSSR count). The fourth-order valence-electron chi connectivity index (χ4n) is 3.52. The van der Waals surface area contributed by atoms with Crippen molar-refractivity contribution in [3.8, 4) is 0 Å². The second kappa shape index (κ2) is 13.6. The van der Waals surface area contributed by atoms with Gasteiger partial charge in [-0.15, -0.1) is 0 Å². The number of hydrogen-bond donors (Lipinski definition) is 0. The Bertz CT molecular complexity index is 361. The quantitative estimate of drug-likeness (QED) is 0.438. The van der Waals surface area contributed by atoms with Crippen LogP contribution in [0, 0.1) is 0 Å². The van der Waals surface area contributed by atoms with E-state index in [2.05, 4.69) is 6.92 Å². The molecule has 0 amide bonds. The SMILES string of the molecule is CC(CCCC(=O)CCCCCOC1CCCCO1)OC1CCCCO1. The van der Waals surface area contributed by atoms with E-state index < -0.39 is 0 Å². The number of rotatable bonds is 13. The lowest BCUT2D eigenvalue weighted by Crippen LogP contribution is -2.26. The van der Waals surface area contributed by atoms with Crippen molar-refractivity contribution in [2.75, 3.05) is 19.8 Å². The Morgan fingerprint density at radius 3 is 2.31 bits per heavy atom. The van der Waals surface area contributed by atoms with Gasteiger partial charge in [-0.3, -0.25) is 4.79 Å². The standard InChI is InChI=1S/C21H38O5/c1-18(26-21-14-5-8-17-25-21)10-9-12-19(22)11-3-2-6-15-23-20-13-4-7-16-24-20/h18,20-21H,2-17H2,1H3. The first kappa shape index (κ1) is 21.8. The van der Waals surface area contributed by atoms with E-state index in [-0.39, 0.29) is 18.7 Å². The average Bonchev–Trinajstić information content (AvgIpc) is 2.66. The Balaban J connectivity index is 1.37. The molecule has 5 heteroatoms. The zero-order valence-corrected chi connectivity index (χ0v) is 16.6. The topological polar surface area (TPSA) is 54.0 Å². The predicted molar refractivity (Wildman–Crippen MR) is 101 cm³/mol. The normalized spacial score (nSPS) is 25.1. The Hall–Kier alpha value is -0.490. The van der Waals surface area contributed by atoms with Crippen LogP contribution >= 0.6 is 0 Å². The second-order valence-corrected chi connectivity index (χ2v) is 7.65. The maximum absolute atomic E-state index is 12.0. The summed E-state index contributed by atoms with van der Waals surface area (Å²) >= 11 is 0. The number of ketones is 1. The van der Waals surface area contributed by atoms with Crippen molar-refractivity contribution in [1.82, 2.24) is 0 Å². The van der Waals surface area contributed by atoms with E-state index in [1.807, 2.05) is 0 Å². The molecule has 152 valence electrons. The van der Waals surface area contributed by atoms with Crippen molar-refractivity contribution in [3.63, 3.8) is 0 Å². The van der Waals surface area contributed by atoms with Crippen LogP contribution in [0.15, 0.2) is 0 Å². The summed E-state index contributed by atoms with van der Waals surface area (Å²) in [5.41, 5.74) is 0. The molecule has 2 aliphatic rings. The van der Waals surface area contributed by atoms with Crippen LogP contribution in [0.3, 0.4) is 0 Å². The fraction of sp³-hybridized carbons (Fsp3) is 0.952. The molecule has 0 aromatic rings. The highest BCUT2D eigenvalue weighted by atomic mass is 16.7. The molecule has 0 aliphatic carbocycles. The van der Waals surface area contributed by atoms with Crippen LogP contribution in [0.4, 0.5) is 0 Å². The second-order valence-electron chi connectivity index (χ2n) is 7.65. The highest BCUT2D eigenvalue weighted by Gasteiger charge is 2.17. The van der Waals surface area contributed by atoms with Gasteiger partial charge in [0.1, 0.15) is 5.78 Å². The third-order valence-corrected chi connectivity index (χ3v) is 5.13. The van der Waals surface area contributed by atoms with Crippen LogP contribution in [0.2, 0.25) is 0 Å². The molecule has 2 fully saturated rings. The van der Waals surface area contributed by atoms with E-state index >= 15 is 0 Å². The van der Waals surface area contributed by atoms with E-state index in [0.29, 0.717) is 18.6 Å². The zero-order valence-electron chi connectivity index (χ0n) is 16.6. The number of carbonyl (C=O) groups excluding carboxylic acids is 1. The van der Waals surface area contributed by atoms with E-state index in [0.717, 1.165) is 77.6 Å². The van der Waals surface area contributed by atoms with Gasteiger partial charge < -0.3 is 18.9 Å². The van der Waals surface area contributed by atoms with Gasteiger partial charge in [0.15, 0.2) is 12.6 Å². The Morgan fingerprint density at radius 2 is 1.62 bits per heavy atom. The molecule has 0 aromatic carbocycles. The molecule has 3 atom stereocenters. The zero-order chi connectivity index (χ0) is 18.5. The number of hydrogen-bond acceptors (Lipinski definition) is 5. The molecule has 0 aromatic heterocycles. The molecule has 2 heterocycles. The minimum absolute atomic E-state index is 0.00796. The van der Waals surface area contributed by atoms with Crippen LogP contribution in [-0.2, 0) is 23.7 Å². The van der Waals surface area contributed by atoms with Gasteiger partial charge in [-0.25, -0.2) is 0 Å². The highest BCUT2D eigenvalue weighted by molar-refractivity contribution is 5.78. The first-order chi connectivity index (χ1) is 12.7.